The lowest BCUT2D eigenvalue weighted by Gasteiger charge is -2.15. The summed E-state index contributed by atoms with van der Waals surface area (Å²) in [7, 11) is 0. The van der Waals surface area contributed by atoms with E-state index in [-0.39, 0.29) is 23.7 Å². The molecule has 100 valence electrons. The van der Waals surface area contributed by atoms with Crippen LogP contribution in [0.3, 0.4) is 0 Å². The van der Waals surface area contributed by atoms with E-state index in [1.165, 1.54) is 18.2 Å². The lowest BCUT2D eigenvalue weighted by Crippen LogP contribution is -2.17. The fourth-order valence-corrected chi connectivity index (χ4v) is 1.54. The molecule has 7 heteroatoms. The van der Waals surface area contributed by atoms with Gasteiger partial charge in [0.25, 0.3) is 5.69 Å². The van der Waals surface area contributed by atoms with Gasteiger partial charge >= 0.3 is 5.97 Å². The minimum atomic E-state index is -0.891. The first kappa shape index (κ1) is 14.4. The molecule has 0 saturated carbocycles. The summed E-state index contributed by atoms with van der Waals surface area (Å²) in [5.74, 6) is -0.891. The molecule has 0 heterocycles. The van der Waals surface area contributed by atoms with Crippen molar-refractivity contribution in [1.82, 2.24) is 0 Å². The third-order valence-corrected chi connectivity index (χ3v) is 2.53. The molecule has 0 aliphatic heterocycles. The van der Waals surface area contributed by atoms with E-state index >= 15 is 0 Å². The van der Waals surface area contributed by atoms with E-state index in [4.69, 9.17) is 10.4 Å². The van der Waals surface area contributed by atoms with Gasteiger partial charge in [0, 0.05) is 24.6 Å². The summed E-state index contributed by atoms with van der Waals surface area (Å²) in [5, 5.41) is 31.1. The summed E-state index contributed by atoms with van der Waals surface area (Å²) in [5.41, 5.74) is 0.475. The summed E-state index contributed by atoms with van der Waals surface area (Å²) in [6.45, 7) is 1.78. The SMILES string of the molecule is CC(CCC(=O)O)Nc1ccc([N+](=O)[O-])cc1C#N. The number of non-ortho nitro benzene ring substituents is 1. The maximum atomic E-state index is 10.6. The topological polar surface area (TPSA) is 116 Å². The van der Waals surface area contributed by atoms with Gasteiger partial charge in [-0.2, -0.15) is 5.26 Å². The van der Waals surface area contributed by atoms with Gasteiger partial charge in [0.05, 0.1) is 16.2 Å². The molecule has 0 aliphatic rings. The molecule has 0 radical (unpaired) electrons. The molecule has 2 N–H and O–H groups in total. The molecule has 0 aromatic heterocycles. The molecule has 19 heavy (non-hydrogen) atoms. The predicted molar refractivity (Wildman–Crippen MR) is 67.8 cm³/mol. The molecule has 1 rings (SSSR count). The monoisotopic (exact) mass is 263 g/mol. The highest BCUT2D eigenvalue weighted by Crippen LogP contribution is 2.22. The van der Waals surface area contributed by atoms with Gasteiger partial charge in [-0.1, -0.05) is 0 Å². The first-order chi connectivity index (χ1) is 8.93. The summed E-state index contributed by atoms with van der Waals surface area (Å²) in [6, 6.07) is 5.67. The summed E-state index contributed by atoms with van der Waals surface area (Å²) < 4.78 is 0. The summed E-state index contributed by atoms with van der Waals surface area (Å²) in [4.78, 5) is 20.5. The Balaban J connectivity index is 2.81. The van der Waals surface area contributed by atoms with Crippen LogP contribution in [0.2, 0.25) is 0 Å². The van der Waals surface area contributed by atoms with Crippen molar-refractivity contribution in [3.8, 4) is 6.07 Å². The number of nitriles is 1. The van der Waals surface area contributed by atoms with E-state index in [2.05, 4.69) is 5.32 Å². The van der Waals surface area contributed by atoms with Crippen molar-refractivity contribution in [1.29, 1.82) is 5.26 Å². The van der Waals surface area contributed by atoms with Crippen LogP contribution in [0.15, 0.2) is 18.2 Å². The van der Waals surface area contributed by atoms with Crippen molar-refractivity contribution in [2.24, 2.45) is 0 Å². The molecule has 0 fully saturated rings. The second-order valence-corrected chi connectivity index (χ2v) is 4.08. The molecule has 0 bridgehead atoms. The number of hydrogen-bond donors (Lipinski definition) is 2. The molecular formula is C12H13N3O4. The van der Waals surface area contributed by atoms with Crippen LogP contribution in [-0.2, 0) is 4.79 Å². The zero-order valence-corrected chi connectivity index (χ0v) is 10.3. The third-order valence-electron chi connectivity index (χ3n) is 2.53. The fourth-order valence-electron chi connectivity index (χ4n) is 1.54. The maximum absolute atomic E-state index is 10.6. The molecule has 0 amide bonds. The standard InChI is InChI=1S/C12H13N3O4/c1-8(2-5-12(16)17)14-11-4-3-10(15(18)19)6-9(11)7-13/h3-4,6,8,14H,2,5H2,1H3,(H,16,17). The Hall–Kier alpha value is -2.62. The molecule has 0 saturated heterocycles. The van der Waals surface area contributed by atoms with Crippen LogP contribution in [-0.4, -0.2) is 22.0 Å². The number of nitro groups is 1. The minimum Gasteiger partial charge on any atom is -0.481 e. The Kier molecular flexibility index (Phi) is 4.83. The molecule has 0 aliphatic carbocycles. The Bertz CT molecular complexity index is 536. The third kappa shape index (κ3) is 4.27. The van der Waals surface area contributed by atoms with Gasteiger partial charge in [0.1, 0.15) is 6.07 Å². The van der Waals surface area contributed by atoms with Crippen LogP contribution >= 0.6 is 0 Å². The summed E-state index contributed by atoms with van der Waals surface area (Å²) in [6.07, 6.45) is 0.417. The van der Waals surface area contributed by atoms with E-state index in [0.717, 1.165) is 0 Å². The van der Waals surface area contributed by atoms with E-state index < -0.39 is 10.9 Å². The van der Waals surface area contributed by atoms with E-state index in [9.17, 15) is 14.9 Å². The average molecular weight is 263 g/mol. The maximum Gasteiger partial charge on any atom is 0.303 e. The largest absolute Gasteiger partial charge is 0.481 e. The molecule has 1 aromatic carbocycles. The fraction of sp³-hybridized carbons (Fsp3) is 0.333. The zero-order chi connectivity index (χ0) is 14.4. The van der Waals surface area contributed by atoms with E-state index in [0.29, 0.717) is 12.1 Å². The lowest BCUT2D eigenvalue weighted by molar-refractivity contribution is -0.384. The number of nitrogens with one attached hydrogen (secondary N) is 1. The lowest BCUT2D eigenvalue weighted by atomic mass is 10.1. The highest BCUT2D eigenvalue weighted by molar-refractivity contribution is 5.67. The van der Waals surface area contributed by atoms with Crippen LogP contribution in [0, 0.1) is 21.4 Å². The minimum absolute atomic E-state index is 0.0169. The molecule has 7 nitrogen and oxygen atoms in total. The number of benzene rings is 1. The van der Waals surface area contributed by atoms with Crippen molar-refractivity contribution in [3.63, 3.8) is 0 Å². The van der Waals surface area contributed by atoms with Crippen LogP contribution in [0.25, 0.3) is 0 Å². The number of nitrogens with zero attached hydrogens (tertiary/aromatic N) is 2. The second-order valence-electron chi connectivity index (χ2n) is 4.08. The van der Waals surface area contributed by atoms with Crippen LogP contribution in [0.1, 0.15) is 25.3 Å². The summed E-state index contributed by atoms with van der Waals surface area (Å²) >= 11 is 0. The van der Waals surface area contributed by atoms with Crippen molar-refractivity contribution in [2.45, 2.75) is 25.8 Å². The van der Waals surface area contributed by atoms with Crippen LogP contribution < -0.4 is 5.32 Å². The number of rotatable bonds is 6. The van der Waals surface area contributed by atoms with Crippen molar-refractivity contribution in [3.05, 3.63) is 33.9 Å². The van der Waals surface area contributed by atoms with Gasteiger partial charge < -0.3 is 10.4 Å². The second kappa shape index (κ2) is 6.35. The van der Waals surface area contributed by atoms with E-state index in [1.54, 1.807) is 6.92 Å². The van der Waals surface area contributed by atoms with Crippen LogP contribution in [0.5, 0.6) is 0 Å². The number of hydrogen-bond acceptors (Lipinski definition) is 5. The Morgan fingerprint density at radius 2 is 2.32 bits per heavy atom. The Labute approximate surface area is 109 Å². The predicted octanol–water partition coefficient (Wildman–Crippen LogP) is 2.13. The molecule has 1 atom stereocenters. The molecule has 1 aromatic rings. The zero-order valence-electron chi connectivity index (χ0n) is 10.3. The van der Waals surface area contributed by atoms with Gasteiger partial charge in [0.15, 0.2) is 0 Å². The number of carboxylic acids is 1. The van der Waals surface area contributed by atoms with Gasteiger partial charge in [-0.05, 0) is 19.4 Å². The van der Waals surface area contributed by atoms with Gasteiger partial charge in [-0.25, -0.2) is 0 Å². The Morgan fingerprint density at radius 1 is 1.63 bits per heavy atom. The quantitative estimate of drug-likeness (QED) is 0.599. The average Bonchev–Trinajstić information content (AvgIpc) is 2.36. The number of nitro benzene ring substituents is 1. The Morgan fingerprint density at radius 3 is 2.84 bits per heavy atom. The first-order valence-electron chi connectivity index (χ1n) is 5.61. The van der Waals surface area contributed by atoms with Crippen molar-refractivity contribution >= 4 is 17.3 Å². The smallest absolute Gasteiger partial charge is 0.303 e. The molecular weight excluding hydrogens is 250 g/mol. The highest BCUT2D eigenvalue weighted by atomic mass is 16.6. The van der Waals surface area contributed by atoms with Gasteiger partial charge in [0.2, 0.25) is 0 Å². The van der Waals surface area contributed by atoms with Crippen LogP contribution in [0.4, 0.5) is 11.4 Å². The first-order valence-corrected chi connectivity index (χ1v) is 5.61. The normalized spacial score (nSPS) is 11.4. The molecule has 0 spiro atoms. The number of carbonyl (C=O) groups is 1. The number of aliphatic carboxylic acids is 1. The van der Waals surface area contributed by atoms with Gasteiger partial charge in [-0.15, -0.1) is 0 Å². The molecule has 1 unspecified atom stereocenters. The van der Waals surface area contributed by atoms with Crippen molar-refractivity contribution in [2.75, 3.05) is 5.32 Å². The number of anilines is 1. The van der Waals surface area contributed by atoms with Crippen molar-refractivity contribution < 1.29 is 14.8 Å². The van der Waals surface area contributed by atoms with E-state index in [1.807, 2.05) is 6.07 Å². The highest BCUT2D eigenvalue weighted by Gasteiger charge is 2.12. The number of carboxylic acid groups (broad SMARTS) is 1. The van der Waals surface area contributed by atoms with Gasteiger partial charge in [-0.3, -0.25) is 14.9 Å².